The highest BCUT2D eigenvalue weighted by atomic mass is 35.5. The molecule has 3 aromatic rings. The van der Waals surface area contributed by atoms with E-state index >= 15 is 0 Å². The van der Waals surface area contributed by atoms with Crippen molar-refractivity contribution in [1.29, 1.82) is 0 Å². The maximum atomic E-state index is 12.9. The monoisotopic (exact) mass is 394 g/mol. The van der Waals surface area contributed by atoms with Gasteiger partial charge in [0.25, 0.3) is 5.91 Å². The number of carbonyl (C=O) groups is 1. The summed E-state index contributed by atoms with van der Waals surface area (Å²) >= 11 is 6.27. The maximum absolute atomic E-state index is 12.9. The zero-order valence-electron chi connectivity index (χ0n) is 15.1. The molecule has 5 nitrogen and oxygen atoms in total. The molecule has 1 aliphatic rings. The van der Waals surface area contributed by atoms with Gasteiger partial charge in [-0.05, 0) is 23.8 Å². The lowest BCUT2D eigenvalue weighted by atomic mass is 10.0. The average molecular weight is 395 g/mol. The smallest absolute Gasteiger partial charge is 0.289 e. The Morgan fingerprint density at radius 2 is 1.86 bits per heavy atom. The third-order valence-electron chi connectivity index (χ3n) is 4.58. The van der Waals surface area contributed by atoms with Crippen molar-refractivity contribution in [1.82, 2.24) is 4.90 Å². The minimum absolute atomic E-state index is 0.177. The van der Waals surface area contributed by atoms with Gasteiger partial charge in [0.1, 0.15) is 0 Å². The fourth-order valence-electron chi connectivity index (χ4n) is 3.21. The first-order valence-electron chi connectivity index (χ1n) is 9.05. The molecule has 0 aliphatic carbocycles. The van der Waals surface area contributed by atoms with Gasteiger partial charge in [0, 0.05) is 23.6 Å². The number of halogens is 1. The predicted molar refractivity (Wildman–Crippen MR) is 107 cm³/mol. The third-order valence-corrected chi connectivity index (χ3v) is 4.91. The molecular formula is C22H19ClN2O3. The molecular weight excluding hydrogens is 376 g/mol. The van der Waals surface area contributed by atoms with Crippen LogP contribution in [-0.4, -0.2) is 29.2 Å². The van der Waals surface area contributed by atoms with Gasteiger partial charge in [0.15, 0.2) is 11.9 Å². The lowest BCUT2D eigenvalue weighted by Crippen LogP contribution is -2.37. The molecule has 0 fully saturated rings. The molecule has 1 atom stereocenters. The molecule has 0 saturated heterocycles. The van der Waals surface area contributed by atoms with E-state index in [1.165, 1.54) is 6.26 Å². The Bertz CT molecular complexity index is 970. The third kappa shape index (κ3) is 4.10. The van der Waals surface area contributed by atoms with Crippen molar-refractivity contribution in [3.05, 3.63) is 94.9 Å². The van der Waals surface area contributed by atoms with Crippen LogP contribution in [0, 0.1) is 0 Å². The predicted octanol–water partition coefficient (Wildman–Crippen LogP) is 4.77. The highest BCUT2D eigenvalue weighted by Crippen LogP contribution is 2.24. The van der Waals surface area contributed by atoms with Gasteiger partial charge in [-0.3, -0.25) is 4.79 Å². The Hall–Kier alpha value is -3.05. The van der Waals surface area contributed by atoms with Gasteiger partial charge in [0.2, 0.25) is 0 Å². The second-order valence-corrected chi connectivity index (χ2v) is 7.01. The van der Waals surface area contributed by atoms with Crippen molar-refractivity contribution >= 4 is 23.2 Å². The normalized spacial score (nSPS) is 15.8. The Morgan fingerprint density at radius 1 is 1.07 bits per heavy atom. The van der Waals surface area contributed by atoms with Crippen LogP contribution >= 0.6 is 11.6 Å². The van der Waals surface area contributed by atoms with Crippen molar-refractivity contribution < 1.29 is 14.0 Å². The van der Waals surface area contributed by atoms with Crippen molar-refractivity contribution in [3.8, 4) is 0 Å². The van der Waals surface area contributed by atoms with Crippen LogP contribution < -0.4 is 0 Å². The molecule has 1 amide bonds. The second kappa shape index (κ2) is 8.31. The quantitative estimate of drug-likeness (QED) is 0.605. The number of benzene rings is 2. The molecule has 28 heavy (non-hydrogen) atoms. The van der Waals surface area contributed by atoms with Crippen LogP contribution in [0.15, 0.2) is 82.6 Å². The van der Waals surface area contributed by atoms with Gasteiger partial charge in [-0.1, -0.05) is 65.3 Å². The molecule has 2 aromatic carbocycles. The largest absolute Gasteiger partial charge is 0.459 e. The molecule has 0 N–H and O–H groups in total. The van der Waals surface area contributed by atoms with E-state index in [-0.39, 0.29) is 12.0 Å². The molecule has 142 valence electrons. The summed E-state index contributed by atoms with van der Waals surface area (Å²) in [5.41, 5.74) is 2.69. The van der Waals surface area contributed by atoms with Crippen molar-refractivity contribution in [2.24, 2.45) is 5.16 Å². The number of nitrogens with zero attached hydrogens (tertiary/aromatic N) is 2. The van der Waals surface area contributed by atoms with Crippen LogP contribution in [0.2, 0.25) is 5.02 Å². The van der Waals surface area contributed by atoms with Gasteiger partial charge in [-0.2, -0.15) is 0 Å². The second-order valence-electron chi connectivity index (χ2n) is 6.60. The van der Waals surface area contributed by atoms with Crippen LogP contribution in [0.25, 0.3) is 0 Å². The van der Waals surface area contributed by atoms with Crippen LogP contribution in [0.3, 0.4) is 0 Å². The van der Waals surface area contributed by atoms with Crippen molar-refractivity contribution in [3.63, 3.8) is 0 Å². The Kier molecular flexibility index (Phi) is 5.44. The number of furan rings is 1. The van der Waals surface area contributed by atoms with E-state index in [2.05, 4.69) is 5.16 Å². The van der Waals surface area contributed by atoms with Gasteiger partial charge in [0.05, 0.1) is 18.5 Å². The first-order valence-corrected chi connectivity index (χ1v) is 9.43. The minimum Gasteiger partial charge on any atom is -0.459 e. The van der Waals surface area contributed by atoms with Gasteiger partial charge < -0.3 is 14.2 Å². The molecule has 0 radical (unpaired) electrons. The fourth-order valence-corrected chi connectivity index (χ4v) is 3.45. The fraction of sp³-hybridized carbons (Fsp3) is 0.182. The van der Waals surface area contributed by atoms with E-state index in [1.807, 2.05) is 54.6 Å². The zero-order valence-corrected chi connectivity index (χ0v) is 15.9. The summed E-state index contributed by atoms with van der Waals surface area (Å²) in [4.78, 5) is 20.3. The van der Waals surface area contributed by atoms with E-state index < -0.39 is 0 Å². The molecule has 1 aliphatic heterocycles. The molecule has 0 unspecified atom stereocenters. The average Bonchev–Trinajstić information content (AvgIpc) is 3.40. The lowest BCUT2D eigenvalue weighted by Gasteiger charge is -2.24. The van der Waals surface area contributed by atoms with E-state index in [9.17, 15) is 4.79 Å². The Balaban J connectivity index is 1.49. The van der Waals surface area contributed by atoms with Gasteiger partial charge >= 0.3 is 0 Å². The number of hydrogen-bond donors (Lipinski definition) is 0. The van der Waals surface area contributed by atoms with Crippen LogP contribution in [0.5, 0.6) is 0 Å². The summed E-state index contributed by atoms with van der Waals surface area (Å²) in [6.45, 7) is 0.855. The summed E-state index contributed by atoms with van der Waals surface area (Å²) in [7, 11) is 0. The van der Waals surface area contributed by atoms with E-state index in [0.717, 1.165) is 16.8 Å². The first-order chi connectivity index (χ1) is 13.7. The molecule has 4 rings (SSSR count). The first kappa shape index (κ1) is 18.3. The van der Waals surface area contributed by atoms with Crippen LogP contribution in [0.1, 0.15) is 28.1 Å². The summed E-state index contributed by atoms with van der Waals surface area (Å²) in [5, 5.41) is 4.84. The highest BCUT2D eigenvalue weighted by Gasteiger charge is 2.28. The summed E-state index contributed by atoms with van der Waals surface area (Å²) < 4.78 is 5.31. The van der Waals surface area contributed by atoms with Gasteiger partial charge in [-0.15, -0.1) is 0 Å². The van der Waals surface area contributed by atoms with Crippen molar-refractivity contribution in [2.75, 3.05) is 6.54 Å². The molecule has 6 heteroatoms. The van der Waals surface area contributed by atoms with Gasteiger partial charge in [-0.25, -0.2) is 0 Å². The van der Waals surface area contributed by atoms with E-state index in [4.69, 9.17) is 20.9 Å². The molecule has 0 bridgehead atoms. The minimum atomic E-state index is -0.242. The number of rotatable bonds is 6. The van der Waals surface area contributed by atoms with E-state index in [0.29, 0.717) is 30.3 Å². The Labute approximate surface area is 168 Å². The SMILES string of the molecule is O=C(c1ccco1)N(Cc1ccccc1)C[C@@H]1CC(c2ccccc2Cl)=NO1. The number of oxime groups is 1. The van der Waals surface area contributed by atoms with Crippen molar-refractivity contribution in [2.45, 2.75) is 19.1 Å². The number of carbonyl (C=O) groups excluding carboxylic acids is 1. The van der Waals surface area contributed by atoms with Crippen LogP contribution in [0.4, 0.5) is 0 Å². The summed E-state index contributed by atoms with van der Waals surface area (Å²) in [6, 6.07) is 20.8. The van der Waals surface area contributed by atoms with E-state index in [1.54, 1.807) is 17.0 Å². The number of amides is 1. The summed E-state index contributed by atoms with van der Waals surface area (Å²) in [6.07, 6.45) is 1.84. The summed E-state index contributed by atoms with van der Waals surface area (Å²) in [5.74, 6) is 0.129. The lowest BCUT2D eigenvalue weighted by molar-refractivity contribution is 0.0387. The molecule has 1 aromatic heterocycles. The highest BCUT2D eigenvalue weighted by molar-refractivity contribution is 6.34. The molecule has 2 heterocycles. The standard InChI is InChI=1S/C22H19ClN2O3/c23-19-10-5-4-9-18(19)20-13-17(28-24-20)15-25(14-16-7-2-1-3-8-16)22(26)21-11-6-12-27-21/h1-12,17H,13-15H2/t17-/m0/s1. The topological polar surface area (TPSA) is 55.0 Å². The Morgan fingerprint density at radius 3 is 2.61 bits per heavy atom. The molecule has 0 spiro atoms. The molecule has 0 saturated carbocycles. The number of hydrogen-bond acceptors (Lipinski definition) is 4. The van der Waals surface area contributed by atoms with Crippen LogP contribution in [-0.2, 0) is 11.4 Å². The zero-order chi connectivity index (χ0) is 19.3. The maximum Gasteiger partial charge on any atom is 0.289 e.